The van der Waals surface area contributed by atoms with Crippen LogP contribution in [0.4, 0.5) is 0 Å². The van der Waals surface area contributed by atoms with E-state index in [2.05, 4.69) is 5.16 Å². The van der Waals surface area contributed by atoms with Crippen LogP contribution in [0.5, 0.6) is 11.5 Å². The van der Waals surface area contributed by atoms with Crippen molar-refractivity contribution in [2.75, 3.05) is 27.3 Å². The molecule has 0 saturated carbocycles. The maximum atomic E-state index is 13.2. The van der Waals surface area contributed by atoms with Crippen molar-refractivity contribution in [2.24, 2.45) is 0 Å². The molecule has 1 fully saturated rings. The minimum absolute atomic E-state index is 0.00146. The molecule has 2 aromatic heterocycles. The lowest BCUT2D eigenvalue weighted by Crippen LogP contribution is -2.28. The number of rotatable bonds is 6. The van der Waals surface area contributed by atoms with Crippen LogP contribution < -0.4 is 9.47 Å². The molecule has 3 heterocycles. The highest BCUT2D eigenvalue weighted by molar-refractivity contribution is 7.89. The molecule has 1 unspecified atom stereocenters. The van der Waals surface area contributed by atoms with Crippen molar-refractivity contribution in [3.05, 3.63) is 47.2 Å². The second-order valence-corrected chi connectivity index (χ2v) is 9.14. The highest BCUT2D eigenvalue weighted by Crippen LogP contribution is 2.40. The van der Waals surface area contributed by atoms with Crippen LogP contribution in [-0.2, 0) is 10.0 Å². The molecular weight excluding hydrogens is 408 g/mol. The topological polar surface area (TPSA) is 95.0 Å². The van der Waals surface area contributed by atoms with Crippen molar-refractivity contribution >= 4 is 10.0 Å². The number of ether oxygens (including phenoxy) is 2. The minimum atomic E-state index is -3.78. The normalized spacial score (nSPS) is 17.4. The zero-order valence-electron chi connectivity index (χ0n) is 17.3. The van der Waals surface area contributed by atoms with E-state index in [1.165, 1.54) is 10.4 Å². The first kappa shape index (κ1) is 20.5. The molecule has 0 radical (unpaired) electrons. The third kappa shape index (κ3) is 3.37. The molecule has 0 spiro atoms. The van der Waals surface area contributed by atoms with Crippen molar-refractivity contribution in [3.8, 4) is 23.0 Å². The number of aryl methyl sites for hydroxylation is 1. The van der Waals surface area contributed by atoms with E-state index in [0.29, 0.717) is 42.5 Å². The summed E-state index contributed by atoms with van der Waals surface area (Å²) >= 11 is 0. The van der Waals surface area contributed by atoms with E-state index in [9.17, 15) is 8.42 Å². The maximum Gasteiger partial charge on any atom is 0.276 e. The Hall–Kier alpha value is -2.78. The van der Waals surface area contributed by atoms with Gasteiger partial charge in [-0.05, 0) is 38.5 Å². The summed E-state index contributed by atoms with van der Waals surface area (Å²) in [4.78, 5) is 0. The number of methoxy groups -OCH3 is 2. The number of furan rings is 1. The van der Waals surface area contributed by atoms with Crippen LogP contribution >= 0.6 is 0 Å². The molecular formula is C21H24N2O6S. The predicted octanol–water partition coefficient (Wildman–Crippen LogP) is 3.75. The fraction of sp³-hybridized carbons (Fsp3) is 0.381. The van der Waals surface area contributed by atoms with Crippen molar-refractivity contribution in [1.29, 1.82) is 0 Å². The van der Waals surface area contributed by atoms with Gasteiger partial charge in [0.15, 0.2) is 17.3 Å². The molecule has 1 aliphatic heterocycles. The van der Waals surface area contributed by atoms with Crippen molar-refractivity contribution in [1.82, 2.24) is 9.46 Å². The second-order valence-electron chi connectivity index (χ2n) is 7.27. The molecule has 0 N–H and O–H groups in total. The molecule has 30 heavy (non-hydrogen) atoms. The SMILES string of the molecule is COc1cccc(C2CCN(S(=O)(=O)c3ccc(-c4onc(C)c4C)o3)C2)c1OC. The zero-order chi connectivity index (χ0) is 21.5. The Morgan fingerprint density at radius 2 is 1.93 bits per heavy atom. The Balaban J connectivity index is 1.58. The van der Waals surface area contributed by atoms with Crippen LogP contribution in [0.15, 0.2) is 44.4 Å². The number of hydrogen-bond donors (Lipinski definition) is 0. The van der Waals surface area contributed by atoms with Gasteiger partial charge in [-0.25, -0.2) is 8.42 Å². The van der Waals surface area contributed by atoms with Crippen LogP contribution in [0, 0.1) is 13.8 Å². The molecule has 1 saturated heterocycles. The van der Waals surface area contributed by atoms with E-state index in [4.69, 9.17) is 18.4 Å². The molecule has 4 rings (SSSR count). The fourth-order valence-electron chi connectivity index (χ4n) is 3.79. The molecule has 1 aromatic carbocycles. The van der Waals surface area contributed by atoms with E-state index in [0.717, 1.165) is 16.8 Å². The summed E-state index contributed by atoms with van der Waals surface area (Å²) in [5, 5.41) is 3.79. The largest absolute Gasteiger partial charge is 0.493 e. The lowest BCUT2D eigenvalue weighted by atomic mass is 9.97. The smallest absolute Gasteiger partial charge is 0.276 e. The van der Waals surface area contributed by atoms with E-state index in [1.54, 1.807) is 20.3 Å². The Labute approximate surface area is 175 Å². The quantitative estimate of drug-likeness (QED) is 0.585. The Kier molecular flexibility index (Phi) is 5.33. The number of hydrogen-bond acceptors (Lipinski definition) is 7. The summed E-state index contributed by atoms with van der Waals surface area (Å²) in [6, 6.07) is 8.71. The molecule has 0 aliphatic carbocycles. The molecule has 160 valence electrons. The molecule has 1 atom stereocenters. The van der Waals surface area contributed by atoms with Crippen LogP contribution in [-0.4, -0.2) is 45.2 Å². The molecule has 0 bridgehead atoms. The molecule has 0 amide bonds. The molecule has 9 heteroatoms. The molecule has 1 aliphatic rings. The fourth-order valence-corrected chi connectivity index (χ4v) is 5.20. The first-order valence-corrected chi connectivity index (χ1v) is 11.0. The van der Waals surface area contributed by atoms with Crippen molar-refractivity contribution in [3.63, 3.8) is 0 Å². The minimum Gasteiger partial charge on any atom is -0.493 e. The van der Waals surface area contributed by atoms with E-state index in [1.807, 2.05) is 32.0 Å². The second kappa shape index (κ2) is 7.81. The average Bonchev–Trinajstić information content (AvgIpc) is 3.48. The van der Waals surface area contributed by atoms with Gasteiger partial charge in [0, 0.05) is 30.1 Å². The maximum absolute atomic E-state index is 13.2. The Bertz CT molecular complexity index is 1160. The predicted molar refractivity (Wildman–Crippen MR) is 109 cm³/mol. The van der Waals surface area contributed by atoms with Gasteiger partial charge >= 0.3 is 0 Å². The van der Waals surface area contributed by atoms with Gasteiger partial charge < -0.3 is 18.4 Å². The van der Waals surface area contributed by atoms with Gasteiger partial charge in [-0.3, -0.25) is 0 Å². The standard InChI is InChI=1S/C21H24N2O6S/c1-13-14(2)22-29-20(13)18-8-9-19(28-18)30(24,25)23-11-10-15(12-23)16-6-5-7-17(26-3)21(16)27-4/h5-9,15H,10-12H2,1-4H3. The lowest BCUT2D eigenvalue weighted by Gasteiger charge is -2.18. The highest BCUT2D eigenvalue weighted by Gasteiger charge is 2.36. The van der Waals surface area contributed by atoms with Gasteiger partial charge in [-0.15, -0.1) is 0 Å². The average molecular weight is 432 g/mol. The van der Waals surface area contributed by atoms with E-state index >= 15 is 0 Å². The third-order valence-corrected chi connectivity index (χ3v) is 7.32. The van der Waals surface area contributed by atoms with Crippen molar-refractivity contribution < 1.29 is 26.8 Å². The summed E-state index contributed by atoms with van der Waals surface area (Å²) in [5.41, 5.74) is 2.49. The highest BCUT2D eigenvalue weighted by atomic mass is 32.2. The summed E-state index contributed by atoms with van der Waals surface area (Å²) in [7, 11) is -0.607. The van der Waals surface area contributed by atoms with Gasteiger partial charge in [0.25, 0.3) is 10.0 Å². The monoisotopic (exact) mass is 432 g/mol. The number of benzene rings is 1. The van der Waals surface area contributed by atoms with Crippen LogP contribution in [0.3, 0.4) is 0 Å². The first-order valence-electron chi connectivity index (χ1n) is 9.61. The summed E-state index contributed by atoms with van der Waals surface area (Å²) in [5.74, 6) is 2.05. The van der Waals surface area contributed by atoms with Gasteiger partial charge in [0.05, 0.1) is 19.9 Å². The van der Waals surface area contributed by atoms with Gasteiger partial charge in [0.2, 0.25) is 10.9 Å². The van der Waals surface area contributed by atoms with E-state index < -0.39 is 10.0 Å². The number of para-hydroxylation sites is 1. The van der Waals surface area contributed by atoms with Crippen molar-refractivity contribution in [2.45, 2.75) is 31.3 Å². The number of sulfonamides is 1. The zero-order valence-corrected chi connectivity index (χ0v) is 18.2. The first-order chi connectivity index (χ1) is 14.4. The lowest BCUT2D eigenvalue weighted by molar-refractivity contribution is 0.349. The molecule has 8 nitrogen and oxygen atoms in total. The van der Waals surface area contributed by atoms with Crippen LogP contribution in [0.2, 0.25) is 0 Å². The third-order valence-electron chi connectivity index (χ3n) is 5.58. The summed E-state index contributed by atoms with van der Waals surface area (Å²) in [6.07, 6.45) is 0.677. The number of nitrogens with zero attached hydrogens (tertiary/aromatic N) is 2. The van der Waals surface area contributed by atoms with E-state index in [-0.39, 0.29) is 11.0 Å². The van der Waals surface area contributed by atoms with Crippen LogP contribution in [0.25, 0.3) is 11.5 Å². The van der Waals surface area contributed by atoms with Gasteiger partial charge in [0.1, 0.15) is 0 Å². The summed E-state index contributed by atoms with van der Waals surface area (Å²) < 4.78 is 49.6. The Morgan fingerprint density at radius 3 is 2.60 bits per heavy atom. The van der Waals surface area contributed by atoms with Crippen LogP contribution in [0.1, 0.15) is 29.2 Å². The van der Waals surface area contributed by atoms with Gasteiger partial charge in [-0.2, -0.15) is 4.31 Å². The number of aromatic nitrogens is 1. The molecule has 3 aromatic rings. The summed E-state index contributed by atoms with van der Waals surface area (Å²) in [6.45, 7) is 4.40. The Morgan fingerprint density at radius 1 is 1.13 bits per heavy atom. The van der Waals surface area contributed by atoms with Gasteiger partial charge in [-0.1, -0.05) is 17.3 Å².